The van der Waals surface area contributed by atoms with Crippen molar-refractivity contribution in [3.8, 4) is 6.07 Å². The number of morpholine rings is 1. The van der Waals surface area contributed by atoms with E-state index in [9.17, 15) is 0 Å². The molecule has 0 aromatic carbocycles. The highest BCUT2D eigenvalue weighted by atomic mass is 16.5. The molecule has 1 aliphatic rings. The number of ether oxygens (including phenoxy) is 1. The topological polar surface area (TPSA) is 36.3 Å². The van der Waals surface area contributed by atoms with Crippen molar-refractivity contribution < 1.29 is 4.74 Å². The van der Waals surface area contributed by atoms with E-state index in [2.05, 4.69) is 17.9 Å². The van der Waals surface area contributed by atoms with Crippen LogP contribution in [0.5, 0.6) is 0 Å². The van der Waals surface area contributed by atoms with E-state index in [1.807, 2.05) is 13.0 Å². The number of hydrogen-bond acceptors (Lipinski definition) is 3. The minimum absolute atomic E-state index is 0.351. The van der Waals surface area contributed by atoms with Gasteiger partial charge in [0.25, 0.3) is 0 Å². The lowest BCUT2D eigenvalue weighted by Crippen LogP contribution is -2.41. The third-order valence-corrected chi connectivity index (χ3v) is 2.29. The molecular formula is C10H16N2O. The SMILES string of the molecule is C/C(C#N)=C\C(C)N1CCOCC1. The Morgan fingerprint density at radius 2 is 2.15 bits per heavy atom. The molecule has 0 aliphatic carbocycles. The molecule has 0 N–H and O–H groups in total. The minimum Gasteiger partial charge on any atom is -0.379 e. The Kier molecular flexibility index (Phi) is 3.94. The first-order chi connectivity index (χ1) is 6.24. The van der Waals surface area contributed by atoms with Crippen molar-refractivity contribution >= 4 is 0 Å². The van der Waals surface area contributed by atoms with Crippen molar-refractivity contribution in [2.24, 2.45) is 0 Å². The molecular weight excluding hydrogens is 164 g/mol. The van der Waals surface area contributed by atoms with Crippen molar-refractivity contribution in [3.63, 3.8) is 0 Å². The molecule has 1 atom stereocenters. The standard InChI is InChI=1S/C10H16N2O/c1-9(8-11)7-10(2)12-3-5-13-6-4-12/h7,10H,3-6H2,1-2H3/b9-7+. The van der Waals surface area contributed by atoms with Crippen LogP contribution in [0.25, 0.3) is 0 Å². The fourth-order valence-corrected chi connectivity index (χ4v) is 1.49. The number of hydrogen-bond donors (Lipinski definition) is 0. The summed E-state index contributed by atoms with van der Waals surface area (Å²) in [7, 11) is 0. The van der Waals surface area contributed by atoms with E-state index in [1.54, 1.807) is 0 Å². The fourth-order valence-electron chi connectivity index (χ4n) is 1.49. The van der Waals surface area contributed by atoms with Crippen LogP contribution >= 0.6 is 0 Å². The molecule has 0 saturated carbocycles. The molecule has 0 radical (unpaired) electrons. The molecule has 1 unspecified atom stereocenters. The van der Waals surface area contributed by atoms with E-state index in [1.165, 1.54) is 0 Å². The lowest BCUT2D eigenvalue weighted by molar-refractivity contribution is 0.0286. The second-order valence-electron chi connectivity index (χ2n) is 3.35. The van der Waals surface area contributed by atoms with Gasteiger partial charge in [0.05, 0.1) is 19.3 Å². The Hall–Kier alpha value is -0.850. The maximum atomic E-state index is 8.62. The highest BCUT2D eigenvalue weighted by molar-refractivity contribution is 5.19. The van der Waals surface area contributed by atoms with Crippen molar-refractivity contribution in [1.29, 1.82) is 5.26 Å². The summed E-state index contributed by atoms with van der Waals surface area (Å²) in [6.07, 6.45) is 2.01. The zero-order valence-electron chi connectivity index (χ0n) is 8.29. The monoisotopic (exact) mass is 180 g/mol. The van der Waals surface area contributed by atoms with E-state index in [0.717, 1.165) is 31.9 Å². The van der Waals surface area contributed by atoms with Gasteiger partial charge in [-0.05, 0) is 13.8 Å². The van der Waals surface area contributed by atoms with Crippen LogP contribution in [0.15, 0.2) is 11.6 Å². The van der Waals surface area contributed by atoms with Crippen LogP contribution in [-0.4, -0.2) is 37.2 Å². The smallest absolute Gasteiger partial charge is 0.0941 e. The highest BCUT2D eigenvalue weighted by Gasteiger charge is 2.14. The first-order valence-electron chi connectivity index (χ1n) is 4.64. The van der Waals surface area contributed by atoms with Gasteiger partial charge in [-0.3, -0.25) is 4.90 Å². The van der Waals surface area contributed by atoms with Crippen LogP contribution < -0.4 is 0 Å². The summed E-state index contributed by atoms with van der Waals surface area (Å²) >= 11 is 0. The van der Waals surface area contributed by atoms with Gasteiger partial charge in [-0.25, -0.2) is 0 Å². The summed E-state index contributed by atoms with van der Waals surface area (Å²) in [6.45, 7) is 7.52. The Bertz CT molecular complexity index is 224. The second-order valence-corrected chi connectivity index (χ2v) is 3.35. The minimum atomic E-state index is 0.351. The Morgan fingerprint density at radius 1 is 1.54 bits per heavy atom. The molecule has 1 heterocycles. The third kappa shape index (κ3) is 3.17. The van der Waals surface area contributed by atoms with E-state index in [4.69, 9.17) is 10.00 Å². The van der Waals surface area contributed by atoms with Gasteiger partial charge in [0.2, 0.25) is 0 Å². The molecule has 0 aromatic rings. The molecule has 3 heteroatoms. The zero-order valence-corrected chi connectivity index (χ0v) is 8.29. The normalized spacial score (nSPS) is 22.4. The van der Waals surface area contributed by atoms with Crippen molar-refractivity contribution in [1.82, 2.24) is 4.90 Å². The van der Waals surface area contributed by atoms with Gasteiger partial charge < -0.3 is 4.74 Å². The maximum Gasteiger partial charge on any atom is 0.0941 e. The number of nitrogens with zero attached hydrogens (tertiary/aromatic N) is 2. The fraction of sp³-hybridized carbons (Fsp3) is 0.700. The number of rotatable bonds is 2. The maximum absolute atomic E-state index is 8.62. The third-order valence-electron chi connectivity index (χ3n) is 2.29. The molecule has 1 fully saturated rings. The molecule has 0 spiro atoms. The molecule has 1 aliphatic heterocycles. The van der Waals surface area contributed by atoms with Crippen LogP contribution in [-0.2, 0) is 4.74 Å². The van der Waals surface area contributed by atoms with Crippen molar-refractivity contribution in [2.45, 2.75) is 19.9 Å². The quantitative estimate of drug-likeness (QED) is 0.599. The van der Waals surface area contributed by atoms with Gasteiger partial charge in [-0.15, -0.1) is 0 Å². The summed E-state index contributed by atoms with van der Waals surface area (Å²) < 4.78 is 5.25. The van der Waals surface area contributed by atoms with E-state index in [-0.39, 0.29) is 0 Å². The molecule has 3 nitrogen and oxygen atoms in total. The van der Waals surface area contributed by atoms with Crippen molar-refractivity contribution in [3.05, 3.63) is 11.6 Å². The molecule has 0 amide bonds. The summed E-state index contributed by atoms with van der Waals surface area (Å²) in [5.74, 6) is 0. The predicted octanol–water partition coefficient (Wildman–Crippen LogP) is 1.18. The lowest BCUT2D eigenvalue weighted by Gasteiger charge is -2.30. The number of allylic oxidation sites excluding steroid dienone is 1. The van der Waals surface area contributed by atoms with Gasteiger partial charge in [0, 0.05) is 24.7 Å². The average molecular weight is 180 g/mol. The second kappa shape index (κ2) is 5.00. The molecule has 72 valence electrons. The molecule has 13 heavy (non-hydrogen) atoms. The van der Waals surface area contributed by atoms with Crippen LogP contribution in [0.3, 0.4) is 0 Å². The van der Waals surface area contributed by atoms with Gasteiger partial charge in [0.15, 0.2) is 0 Å². The summed E-state index contributed by atoms with van der Waals surface area (Å²) in [6, 6.07) is 2.49. The predicted molar refractivity (Wildman–Crippen MR) is 51.2 cm³/mol. The van der Waals surface area contributed by atoms with E-state index >= 15 is 0 Å². The van der Waals surface area contributed by atoms with Gasteiger partial charge in [0.1, 0.15) is 0 Å². The Labute approximate surface area is 79.6 Å². The molecule has 0 aromatic heterocycles. The Morgan fingerprint density at radius 3 is 2.69 bits per heavy atom. The van der Waals surface area contributed by atoms with Gasteiger partial charge in [-0.1, -0.05) is 6.08 Å². The number of nitriles is 1. The summed E-state index contributed by atoms with van der Waals surface area (Å²) in [4.78, 5) is 2.32. The lowest BCUT2D eigenvalue weighted by atomic mass is 10.2. The Balaban J connectivity index is 2.47. The van der Waals surface area contributed by atoms with Crippen LogP contribution in [0.2, 0.25) is 0 Å². The van der Waals surface area contributed by atoms with Crippen LogP contribution in [0.4, 0.5) is 0 Å². The highest BCUT2D eigenvalue weighted by Crippen LogP contribution is 2.06. The summed E-state index contributed by atoms with van der Waals surface area (Å²) in [5, 5.41) is 8.62. The van der Waals surface area contributed by atoms with Crippen LogP contribution in [0.1, 0.15) is 13.8 Å². The van der Waals surface area contributed by atoms with Crippen molar-refractivity contribution in [2.75, 3.05) is 26.3 Å². The van der Waals surface area contributed by atoms with E-state index in [0.29, 0.717) is 6.04 Å². The zero-order chi connectivity index (χ0) is 9.68. The molecule has 1 rings (SSSR count). The van der Waals surface area contributed by atoms with Gasteiger partial charge in [-0.2, -0.15) is 5.26 Å². The van der Waals surface area contributed by atoms with E-state index < -0.39 is 0 Å². The average Bonchev–Trinajstić information content (AvgIpc) is 2.19. The first-order valence-corrected chi connectivity index (χ1v) is 4.64. The first kappa shape index (κ1) is 10.2. The largest absolute Gasteiger partial charge is 0.379 e. The van der Waals surface area contributed by atoms with Gasteiger partial charge >= 0.3 is 0 Å². The van der Waals surface area contributed by atoms with Crippen LogP contribution in [0, 0.1) is 11.3 Å². The molecule has 1 saturated heterocycles. The summed E-state index contributed by atoms with van der Waals surface area (Å²) in [5.41, 5.74) is 0.791. The molecule has 0 bridgehead atoms.